The number of ether oxygens (including phenoxy) is 2. The second-order valence-electron chi connectivity index (χ2n) is 5.38. The van der Waals surface area contributed by atoms with Crippen molar-refractivity contribution < 1.29 is 9.47 Å². The van der Waals surface area contributed by atoms with Gasteiger partial charge < -0.3 is 20.2 Å². The molecular weight excluding hydrogens is 480 g/mol. The Morgan fingerprint density at radius 2 is 1.81 bits per heavy atom. The monoisotopic (exact) mass is 494 g/mol. The zero-order chi connectivity index (χ0) is 20.1. The summed E-state index contributed by atoms with van der Waals surface area (Å²) in [6, 6.07) is 5.43. The number of nitrogen functional groups attached to an aromatic ring is 1. The van der Waals surface area contributed by atoms with Crippen molar-refractivity contribution in [2.24, 2.45) is 0 Å². The van der Waals surface area contributed by atoms with Crippen LogP contribution in [0.1, 0.15) is 31.4 Å². The number of aromatic amines is 1. The SMILES string of the molecule is CCCOc1c(OCC)cc(-c2c(C#N)c(N)[nH]c(=O)c2C#N)c(Br)c1Br. The van der Waals surface area contributed by atoms with Crippen LogP contribution in [0.25, 0.3) is 11.1 Å². The van der Waals surface area contributed by atoms with E-state index in [0.717, 1.165) is 6.42 Å². The molecule has 1 aromatic carbocycles. The number of nitrogens with zero attached hydrogens (tertiary/aromatic N) is 2. The Kier molecular flexibility index (Phi) is 6.89. The van der Waals surface area contributed by atoms with Crippen molar-refractivity contribution >= 4 is 37.7 Å². The quantitative estimate of drug-likeness (QED) is 0.621. The first-order valence-electron chi connectivity index (χ1n) is 8.05. The first-order chi connectivity index (χ1) is 12.9. The smallest absolute Gasteiger partial charge is 0.268 e. The summed E-state index contributed by atoms with van der Waals surface area (Å²) in [6.07, 6.45) is 0.805. The molecule has 0 saturated heterocycles. The molecule has 0 aliphatic carbocycles. The van der Waals surface area contributed by atoms with E-state index in [9.17, 15) is 15.3 Å². The molecule has 9 heteroatoms. The van der Waals surface area contributed by atoms with E-state index in [4.69, 9.17) is 15.2 Å². The average molecular weight is 496 g/mol. The lowest BCUT2D eigenvalue weighted by atomic mass is 9.96. The van der Waals surface area contributed by atoms with E-state index < -0.39 is 5.56 Å². The fraction of sp³-hybridized carbons (Fsp3) is 0.278. The van der Waals surface area contributed by atoms with Crippen LogP contribution in [0.4, 0.5) is 5.82 Å². The Bertz CT molecular complexity index is 1020. The van der Waals surface area contributed by atoms with Gasteiger partial charge in [0.2, 0.25) is 0 Å². The summed E-state index contributed by atoms with van der Waals surface area (Å²) in [4.78, 5) is 14.5. The summed E-state index contributed by atoms with van der Waals surface area (Å²) >= 11 is 6.94. The Labute approximate surface area is 173 Å². The fourth-order valence-electron chi connectivity index (χ4n) is 2.48. The molecule has 3 N–H and O–H groups in total. The van der Waals surface area contributed by atoms with Gasteiger partial charge in [0.25, 0.3) is 5.56 Å². The van der Waals surface area contributed by atoms with Gasteiger partial charge in [-0.1, -0.05) is 6.92 Å². The van der Waals surface area contributed by atoms with Crippen LogP contribution >= 0.6 is 31.9 Å². The predicted molar refractivity (Wildman–Crippen MR) is 109 cm³/mol. The first kappa shape index (κ1) is 20.8. The van der Waals surface area contributed by atoms with Crippen LogP contribution in [0, 0.1) is 22.7 Å². The number of hydrogen-bond donors (Lipinski definition) is 2. The van der Waals surface area contributed by atoms with Gasteiger partial charge >= 0.3 is 0 Å². The predicted octanol–water partition coefficient (Wildman–Crippen LogP) is 4.08. The van der Waals surface area contributed by atoms with Crippen molar-refractivity contribution in [3.63, 3.8) is 0 Å². The summed E-state index contributed by atoms with van der Waals surface area (Å²) in [6.45, 7) is 4.67. The molecule has 0 aliphatic rings. The summed E-state index contributed by atoms with van der Waals surface area (Å²) in [5.41, 5.74) is 5.48. The number of rotatable bonds is 6. The number of H-pyrrole nitrogens is 1. The number of pyridine rings is 1. The average Bonchev–Trinajstić information content (AvgIpc) is 2.64. The molecule has 1 aromatic heterocycles. The largest absolute Gasteiger partial charge is 0.490 e. The second kappa shape index (κ2) is 8.94. The van der Waals surface area contributed by atoms with Crippen molar-refractivity contribution in [3.8, 4) is 34.8 Å². The molecule has 0 fully saturated rings. The highest BCUT2D eigenvalue weighted by molar-refractivity contribution is 9.13. The number of halogens is 2. The highest BCUT2D eigenvalue weighted by Gasteiger charge is 2.25. The van der Waals surface area contributed by atoms with Crippen molar-refractivity contribution in [2.45, 2.75) is 20.3 Å². The number of nitrogens with one attached hydrogen (secondary N) is 1. The molecule has 0 bridgehead atoms. The summed E-state index contributed by atoms with van der Waals surface area (Å²) < 4.78 is 12.5. The lowest BCUT2D eigenvalue weighted by Gasteiger charge is -2.18. The van der Waals surface area contributed by atoms with E-state index in [1.165, 1.54) is 0 Å². The summed E-state index contributed by atoms with van der Waals surface area (Å²) in [5.74, 6) is 0.801. The van der Waals surface area contributed by atoms with Gasteiger partial charge in [-0.25, -0.2) is 0 Å². The lowest BCUT2D eigenvalue weighted by Crippen LogP contribution is -2.16. The van der Waals surface area contributed by atoms with Crippen LogP contribution in [0.3, 0.4) is 0 Å². The van der Waals surface area contributed by atoms with E-state index >= 15 is 0 Å². The van der Waals surface area contributed by atoms with E-state index in [-0.39, 0.29) is 22.5 Å². The molecule has 27 heavy (non-hydrogen) atoms. The number of aromatic nitrogens is 1. The first-order valence-corrected chi connectivity index (χ1v) is 9.63. The van der Waals surface area contributed by atoms with Gasteiger partial charge in [-0.15, -0.1) is 0 Å². The molecule has 0 radical (unpaired) electrons. The van der Waals surface area contributed by atoms with E-state index in [0.29, 0.717) is 39.2 Å². The van der Waals surface area contributed by atoms with Crippen molar-refractivity contribution in [3.05, 3.63) is 36.5 Å². The highest BCUT2D eigenvalue weighted by Crippen LogP contribution is 2.47. The molecule has 1 heterocycles. The fourth-order valence-corrected chi connectivity index (χ4v) is 3.50. The summed E-state index contributed by atoms with van der Waals surface area (Å²) in [5, 5.41) is 19.0. The molecule has 0 amide bonds. The third-order valence-electron chi connectivity index (χ3n) is 3.62. The number of hydrogen-bond acceptors (Lipinski definition) is 6. The third kappa shape index (κ3) is 3.95. The normalized spacial score (nSPS) is 10.1. The maximum Gasteiger partial charge on any atom is 0.268 e. The lowest BCUT2D eigenvalue weighted by molar-refractivity contribution is 0.275. The van der Waals surface area contributed by atoms with Gasteiger partial charge in [0, 0.05) is 15.6 Å². The Morgan fingerprint density at radius 3 is 2.37 bits per heavy atom. The maximum absolute atomic E-state index is 12.2. The number of nitriles is 2. The molecule has 140 valence electrons. The van der Waals surface area contributed by atoms with Crippen LogP contribution in [-0.4, -0.2) is 18.2 Å². The van der Waals surface area contributed by atoms with Crippen LogP contribution in [0.2, 0.25) is 0 Å². The standard InChI is InChI=1S/C18H16Br2N4O3/c1-3-5-27-16-12(26-4-2)6-9(14(19)15(16)20)13-10(7-21)17(23)24-18(25)11(13)8-22/h6H,3-5H2,1-2H3,(H3,23,24,25). The minimum atomic E-state index is -0.670. The molecule has 0 atom stereocenters. The topological polar surface area (TPSA) is 125 Å². The Balaban J connectivity index is 2.91. The summed E-state index contributed by atoms with van der Waals surface area (Å²) in [7, 11) is 0. The number of benzene rings is 1. The van der Waals surface area contributed by atoms with Crippen LogP contribution in [0.15, 0.2) is 19.8 Å². The molecular formula is C18H16Br2N4O3. The Morgan fingerprint density at radius 1 is 1.15 bits per heavy atom. The van der Waals surface area contributed by atoms with E-state index in [1.54, 1.807) is 6.07 Å². The van der Waals surface area contributed by atoms with Gasteiger partial charge in [0.15, 0.2) is 11.5 Å². The molecule has 0 aliphatic heterocycles. The van der Waals surface area contributed by atoms with Crippen molar-refractivity contribution in [2.75, 3.05) is 18.9 Å². The molecule has 0 unspecified atom stereocenters. The van der Waals surface area contributed by atoms with E-state index in [1.807, 2.05) is 26.0 Å². The molecule has 7 nitrogen and oxygen atoms in total. The van der Waals surface area contributed by atoms with Gasteiger partial charge in [-0.05, 0) is 51.3 Å². The second-order valence-corrected chi connectivity index (χ2v) is 6.96. The van der Waals surface area contributed by atoms with Gasteiger partial charge in [0.05, 0.1) is 17.7 Å². The molecule has 0 saturated carbocycles. The minimum Gasteiger partial charge on any atom is -0.490 e. The van der Waals surface area contributed by atoms with Crippen LogP contribution < -0.4 is 20.8 Å². The number of anilines is 1. The zero-order valence-corrected chi connectivity index (χ0v) is 17.8. The molecule has 2 rings (SSSR count). The number of nitrogens with two attached hydrogens (primary N) is 1. The van der Waals surface area contributed by atoms with Crippen LogP contribution in [-0.2, 0) is 0 Å². The van der Waals surface area contributed by atoms with Crippen molar-refractivity contribution in [1.29, 1.82) is 10.5 Å². The van der Waals surface area contributed by atoms with Gasteiger partial charge in [-0.2, -0.15) is 10.5 Å². The minimum absolute atomic E-state index is 0.00317. The van der Waals surface area contributed by atoms with Crippen LogP contribution in [0.5, 0.6) is 11.5 Å². The van der Waals surface area contributed by atoms with Gasteiger partial charge in [0.1, 0.15) is 29.1 Å². The van der Waals surface area contributed by atoms with E-state index in [2.05, 4.69) is 36.8 Å². The molecule has 0 spiro atoms. The highest BCUT2D eigenvalue weighted by atomic mass is 79.9. The van der Waals surface area contributed by atoms with Gasteiger partial charge in [-0.3, -0.25) is 4.79 Å². The van der Waals surface area contributed by atoms with Crippen molar-refractivity contribution in [1.82, 2.24) is 4.98 Å². The third-order valence-corrected chi connectivity index (χ3v) is 5.73. The molecule has 2 aromatic rings. The maximum atomic E-state index is 12.2. The Hall–Kier alpha value is -2.49. The zero-order valence-electron chi connectivity index (χ0n) is 14.7.